The molecule has 0 aliphatic carbocycles. The molecule has 1 aliphatic heterocycles. The van der Waals surface area contributed by atoms with Crippen LogP contribution in [0, 0.1) is 5.92 Å². The fourth-order valence-corrected chi connectivity index (χ4v) is 3.33. The van der Waals surface area contributed by atoms with Crippen LogP contribution in [0.15, 0.2) is 30.3 Å². The van der Waals surface area contributed by atoms with Crippen LogP contribution in [0.5, 0.6) is 0 Å². The topological polar surface area (TPSA) is 149 Å². The van der Waals surface area contributed by atoms with Crippen molar-refractivity contribution in [3.05, 3.63) is 35.9 Å². The summed E-state index contributed by atoms with van der Waals surface area (Å²) in [6, 6.07) is 6.07. The third kappa shape index (κ3) is 7.61. The van der Waals surface area contributed by atoms with E-state index in [1.165, 1.54) is 6.92 Å². The Morgan fingerprint density at radius 1 is 0.875 bits per heavy atom. The molecule has 1 aromatic carbocycles. The zero-order valence-corrected chi connectivity index (χ0v) is 18.7. The monoisotopic (exact) mass is 447 g/mol. The molecule has 176 valence electrons. The van der Waals surface area contributed by atoms with E-state index in [1.807, 2.05) is 30.3 Å². The maximum atomic E-state index is 13.1. The SMILES string of the molecule is CC(C)[C@H]1NC(=O)CNCCNC(=O)[C@H]([C@@H](C)O)NC(=O)[C@H](Cc2ccccc2)NC1=O. The van der Waals surface area contributed by atoms with Crippen molar-refractivity contribution in [3.63, 3.8) is 0 Å². The van der Waals surface area contributed by atoms with Crippen molar-refractivity contribution in [2.75, 3.05) is 19.6 Å². The van der Waals surface area contributed by atoms with Gasteiger partial charge in [0.1, 0.15) is 18.1 Å². The van der Waals surface area contributed by atoms with E-state index in [0.717, 1.165) is 5.56 Å². The summed E-state index contributed by atoms with van der Waals surface area (Å²) in [4.78, 5) is 50.9. The van der Waals surface area contributed by atoms with Crippen molar-refractivity contribution in [2.24, 2.45) is 5.92 Å². The second kappa shape index (κ2) is 12.2. The van der Waals surface area contributed by atoms with E-state index in [1.54, 1.807) is 13.8 Å². The van der Waals surface area contributed by atoms with E-state index in [-0.39, 0.29) is 31.3 Å². The van der Waals surface area contributed by atoms with Crippen LogP contribution < -0.4 is 26.6 Å². The van der Waals surface area contributed by atoms with Gasteiger partial charge in [-0.2, -0.15) is 0 Å². The van der Waals surface area contributed by atoms with Gasteiger partial charge in [0.15, 0.2) is 0 Å². The van der Waals surface area contributed by atoms with Gasteiger partial charge < -0.3 is 31.7 Å². The van der Waals surface area contributed by atoms with Gasteiger partial charge in [-0.3, -0.25) is 19.2 Å². The highest BCUT2D eigenvalue weighted by molar-refractivity contribution is 5.94. The highest BCUT2D eigenvalue weighted by Crippen LogP contribution is 2.08. The summed E-state index contributed by atoms with van der Waals surface area (Å²) in [5.74, 6) is -2.25. The molecule has 32 heavy (non-hydrogen) atoms. The van der Waals surface area contributed by atoms with E-state index < -0.39 is 42.0 Å². The lowest BCUT2D eigenvalue weighted by Crippen LogP contribution is -2.60. The Balaban J connectivity index is 2.33. The van der Waals surface area contributed by atoms with Crippen LogP contribution in [0.1, 0.15) is 26.3 Å². The maximum Gasteiger partial charge on any atom is 0.245 e. The van der Waals surface area contributed by atoms with Gasteiger partial charge in [0.25, 0.3) is 0 Å². The predicted octanol–water partition coefficient (Wildman–Crippen LogP) is -1.56. The molecule has 6 N–H and O–H groups in total. The number of rotatable bonds is 4. The molecule has 1 aromatic rings. The van der Waals surface area contributed by atoms with Crippen LogP contribution in [0.25, 0.3) is 0 Å². The smallest absolute Gasteiger partial charge is 0.245 e. The van der Waals surface area contributed by atoms with Crippen LogP contribution in [0.3, 0.4) is 0 Å². The van der Waals surface area contributed by atoms with Crippen molar-refractivity contribution in [1.82, 2.24) is 26.6 Å². The van der Waals surface area contributed by atoms with Crippen LogP contribution in [0.4, 0.5) is 0 Å². The largest absolute Gasteiger partial charge is 0.391 e. The van der Waals surface area contributed by atoms with Crippen molar-refractivity contribution in [2.45, 2.75) is 51.4 Å². The molecule has 2 rings (SSSR count). The quantitative estimate of drug-likeness (QED) is 0.329. The minimum absolute atomic E-state index is 0.0309. The van der Waals surface area contributed by atoms with Crippen LogP contribution in [-0.4, -0.2) is 72.6 Å². The lowest BCUT2D eigenvalue weighted by molar-refractivity contribution is -0.135. The first-order valence-corrected chi connectivity index (χ1v) is 10.8. The van der Waals surface area contributed by atoms with Gasteiger partial charge in [-0.05, 0) is 18.4 Å². The molecule has 0 aromatic heterocycles. The molecule has 0 unspecified atom stereocenters. The summed E-state index contributed by atoms with van der Waals surface area (Å²) < 4.78 is 0. The Morgan fingerprint density at radius 2 is 1.56 bits per heavy atom. The normalized spacial score (nSPS) is 25.0. The van der Waals surface area contributed by atoms with Gasteiger partial charge in [0, 0.05) is 19.5 Å². The first kappa shape index (κ1) is 25.3. The van der Waals surface area contributed by atoms with Gasteiger partial charge in [0.05, 0.1) is 12.6 Å². The lowest BCUT2D eigenvalue weighted by atomic mass is 10.0. The standard InChI is InChI=1S/C22H33N5O5/c1-13(2)18-22(32)25-16(11-15-7-5-4-6-8-15)20(30)27-19(14(3)28)21(31)24-10-9-23-12-17(29)26-18/h4-8,13-14,16,18-19,23,28H,9-12H2,1-3H3,(H,24,31)(H,25,32)(H,26,29)(H,27,30)/t14-,16+,18-,19+/m1/s1. The first-order chi connectivity index (χ1) is 15.2. The second-order valence-corrected chi connectivity index (χ2v) is 8.23. The lowest BCUT2D eigenvalue weighted by Gasteiger charge is -2.27. The molecule has 1 fully saturated rings. The van der Waals surface area contributed by atoms with Gasteiger partial charge in [-0.15, -0.1) is 0 Å². The molecule has 10 nitrogen and oxygen atoms in total. The summed E-state index contributed by atoms with van der Waals surface area (Å²) in [6.45, 7) is 5.46. The van der Waals surface area contributed by atoms with E-state index >= 15 is 0 Å². The highest BCUT2D eigenvalue weighted by atomic mass is 16.3. The molecule has 0 bridgehead atoms. The number of amides is 4. The Kier molecular flexibility index (Phi) is 9.61. The molecule has 1 heterocycles. The number of hydrogen-bond donors (Lipinski definition) is 6. The Hall–Kier alpha value is -2.98. The summed E-state index contributed by atoms with van der Waals surface area (Å²) in [7, 11) is 0. The van der Waals surface area contributed by atoms with E-state index in [4.69, 9.17) is 0 Å². The Morgan fingerprint density at radius 3 is 2.19 bits per heavy atom. The second-order valence-electron chi connectivity index (χ2n) is 8.23. The molecular formula is C22H33N5O5. The third-order valence-electron chi connectivity index (χ3n) is 5.13. The summed E-state index contributed by atoms with van der Waals surface area (Å²) in [6.07, 6.45) is -0.977. The zero-order valence-electron chi connectivity index (χ0n) is 18.7. The first-order valence-electron chi connectivity index (χ1n) is 10.8. The van der Waals surface area contributed by atoms with Gasteiger partial charge >= 0.3 is 0 Å². The molecule has 1 saturated heterocycles. The van der Waals surface area contributed by atoms with Crippen molar-refractivity contribution < 1.29 is 24.3 Å². The van der Waals surface area contributed by atoms with Gasteiger partial charge in [-0.1, -0.05) is 44.2 Å². The fourth-order valence-electron chi connectivity index (χ4n) is 3.33. The van der Waals surface area contributed by atoms with E-state index in [2.05, 4.69) is 26.6 Å². The Labute approximate surface area is 187 Å². The zero-order chi connectivity index (χ0) is 23.7. The van der Waals surface area contributed by atoms with Gasteiger partial charge in [-0.25, -0.2) is 0 Å². The molecule has 1 aliphatic rings. The summed E-state index contributed by atoms with van der Waals surface area (Å²) >= 11 is 0. The number of benzene rings is 1. The third-order valence-corrected chi connectivity index (χ3v) is 5.13. The molecule has 4 atom stereocenters. The summed E-state index contributed by atoms with van der Waals surface area (Å²) in [5, 5.41) is 23.5. The fraction of sp³-hybridized carbons (Fsp3) is 0.545. The van der Waals surface area contributed by atoms with Crippen molar-refractivity contribution >= 4 is 23.6 Å². The molecule has 4 amide bonds. The summed E-state index contributed by atoms with van der Waals surface area (Å²) in [5.41, 5.74) is 0.804. The highest BCUT2D eigenvalue weighted by Gasteiger charge is 2.32. The minimum Gasteiger partial charge on any atom is -0.391 e. The van der Waals surface area contributed by atoms with Crippen LogP contribution in [0.2, 0.25) is 0 Å². The van der Waals surface area contributed by atoms with Crippen molar-refractivity contribution in [3.8, 4) is 0 Å². The predicted molar refractivity (Wildman–Crippen MR) is 118 cm³/mol. The number of carbonyl (C=O) groups excluding carboxylic acids is 4. The maximum absolute atomic E-state index is 13.1. The van der Waals surface area contributed by atoms with E-state index in [9.17, 15) is 24.3 Å². The molecule has 0 radical (unpaired) electrons. The minimum atomic E-state index is -1.19. The van der Waals surface area contributed by atoms with Gasteiger partial charge in [0.2, 0.25) is 23.6 Å². The number of hydrogen-bond acceptors (Lipinski definition) is 6. The molecular weight excluding hydrogens is 414 g/mol. The Bertz CT molecular complexity index is 799. The van der Waals surface area contributed by atoms with E-state index in [0.29, 0.717) is 6.54 Å². The average Bonchev–Trinajstić information content (AvgIpc) is 2.74. The molecule has 0 spiro atoms. The number of aliphatic hydroxyl groups excluding tert-OH is 1. The number of aliphatic hydroxyl groups is 1. The number of nitrogens with one attached hydrogen (secondary N) is 5. The molecule has 0 saturated carbocycles. The molecule has 10 heteroatoms. The van der Waals surface area contributed by atoms with Crippen LogP contribution >= 0.6 is 0 Å². The van der Waals surface area contributed by atoms with Crippen LogP contribution in [-0.2, 0) is 25.6 Å². The number of carbonyl (C=O) groups is 4. The van der Waals surface area contributed by atoms with Crippen molar-refractivity contribution in [1.29, 1.82) is 0 Å². The average molecular weight is 448 g/mol.